The summed E-state index contributed by atoms with van der Waals surface area (Å²) >= 11 is 1.20. The van der Waals surface area contributed by atoms with Crippen molar-refractivity contribution in [2.75, 3.05) is 19.8 Å². The number of ether oxygens (including phenoxy) is 1. The summed E-state index contributed by atoms with van der Waals surface area (Å²) < 4.78 is 5.73. The van der Waals surface area contributed by atoms with E-state index in [1.54, 1.807) is 6.26 Å². The second-order valence-electron chi connectivity index (χ2n) is 7.95. The average Bonchev–Trinajstić information content (AvgIpc) is 2.99. The lowest BCUT2D eigenvalue weighted by molar-refractivity contribution is -0.884. The van der Waals surface area contributed by atoms with Crippen LogP contribution >= 0.6 is 11.8 Å². The number of nitrogens with one attached hydrogen (secondary N) is 2. The minimum atomic E-state index is -1.41. The van der Waals surface area contributed by atoms with Crippen molar-refractivity contribution in [3.8, 4) is 0 Å². The van der Waals surface area contributed by atoms with E-state index in [0.29, 0.717) is 5.92 Å². The molecule has 0 bridgehead atoms. The first-order valence-corrected chi connectivity index (χ1v) is 11.0. The maximum Gasteiger partial charge on any atom is 0.278 e. The molecule has 0 aliphatic carbocycles. The SMILES string of the molecule is CCC[C@@H]1C[C@@H](C(=O)N[C@@H]([C@H]2O[C@H](SC)[C@H](O)[C@@H](O)[C@H]2O)[C@@H](C)O)[NH+](C)C1. The minimum Gasteiger partial charge on any atom is -0.391 e. The predicted octanol–water partition coefficient (Wildman–Crippen LogP) is -2.27. The summed E-state index contributed by atoms with van der Waals surface area (Å²) in [5.41, 5.74) is -0.750. The second-order valence-corrected chi connectivity index (χ2v) is 8.88. The van der Waals surface area contributed by atoms with Crippen LogP contribution in [0.2, 0.25) is 0 Å². The van der Waals surface area contributed by atoms with Crippen LogP contribution < -0.4 is 10.2 Å². The van der Waals surface area contributed by atoms with Crippen LogP contribution in [0.15, 0.2) is 0 Å². The van der Waals surface area contributed by atoms with E-state index in [2.05, 4.69) is 12.2 Å². The van der Waals surface area contributed by atoms with Crippen molar-refractivity contribution in [2.24, 2.45) is 5.92 Å². The third kappa shape index (κ3) is 5.14. The lowest BCUT2D eigenvalue weighted by atomic mass is 9.92. The molecule has 0 aromatic heterocycles. The van der Waals surface area contributed by atoms with Gasteiger partial charge in [0.1, 0.15) is 29.9 Å². The van der Waals surface area contributed by atoms with Gasteiger partial charge in [-0.25, -0.2) is 0 Å². The van der Waals surface area contributed by atoms with Crippen LogP contribution in [0, 0.1) is 5.92 Å². The van der Waals surface area contributed by atoms with Gasteiger partial charge in [-0.3, -0.25) is 4.79 Å². The van der Waals surface area contributed by atoms with E-state index in [9.17, 15) is 25.2 Å². The molecule has 10 atom stereocenters. The van der Waals surface area contributed by atoms with E-state index in [1.807, 2.05) is 7.05 Å². The Hall–Kier alpha value is -0.420. The van der Waals surface area contributed by atoms with Crippen molar-refractivity contribution >= 4 is 17.7 Å². The Kier molecular flexibility index (Phi) is 8.35. The number of thioether (sulfide) groups is 1. The number of aliphatic hydroxyl groups is 4. The van der Waals surface area contributed by atoms with E-state index in [0.717, 1.165) is 30.7 Å². The fraction of sp³-hybridized carbons (Fsp3) is 0.944. The lowest BCUT2D eigenvalue weighted by Gasteiger charge is -2.44. The molecular formula is C18H35N2O6S+. The van der Waals surface area contributed by atoms with Gasteiger partial charge in [0.25, 0.3) is 5.91 Å². The molecular weight excluding hydrogens is 372 g/mol. The van der Waals surface area contributed by atoms with Gasteiger partial charge < -0.3 is 35.4 Å². The van der Waals surface area contributed by atoms with E-state index >= 15 is 0 Å². The van der Waals surface area contributed by atoms with Gasteiger partial charge in [0, 0.05) is 12.3 Å². The minimum absolute atomic E-state index is 0.186. The summed E-state index contributed by atoms with van der Waals surface area (Å²) in [6.45, 7) is 4.58. The molecule has 27 heavy (non-hydrogen) atoms. The van der Waals surface area contributed by atoms with Crippen molar-refractivity contribution in [3.05, 3.63) is 0 Å². The molecule has 1 unspecified atom stereocenters. The summed E-state index contributed by atoms with van der Waals surface area (Å²) in [6, 6.07) is -1.10. The van der Waals surface area contributed by atoms with Crippen LogP contribution in [-0.4, -0.2) is 94.2 Å². The molecule has 0 aromatic rings. The van der Waals surface area contributed by atoms with Crippen molar-refractivity contribution in [3.63, 3.8) is 0 Å². The zero-order valence-electron chi connectivity index (χ0n) is 16.5. The van der Waals surface area contributed by atoms with Crippen molar-refractivity contribution in [2.45, 2.75) is 81.1 Å². The Labute approximate surface area is 165 Å². The fourth-order valence-corrected chi connectivity index (χ4v) is 4.96. The number of hydrogen-bond acceptors (Lipinski definition) is 7. The second kappa shape index (κ2) is 9.87. The molecule has 2 aliphatic heterocycles. The number of hydrogen-bond donors (Lipinski definition) is 6. The van der Waals surface area contributed by atoms with E-state index in [1.165, 1.54) is 18.7 Å². The van der Waals surface area contributed by atoms with Crippen LogP contribution in [0.3, 0.4) is 0 Å². The lowest BCUT2D eigenvalue weighted by Crippen LogP contribution is -3.12. The smallest absolute Gasteiger partial charge is 0.278 e. The summed E-state index contributed by atoms with van der Waals surface area (Å²) in [4.78, 5) is 14.0. The molecule has 0 spiro atoms. The fourth-order valence-electron chi connectivity index (χ4n) is 4.28. The zero-order valence-corrected chi connectivity index (χ0v) is 17.4. The average molecular weight is 408 g/mol. The van der Waals surface area contributed by atoms with Crippen molar-refractivity contribution < 1.29 is 34.9 Å². The van der Waals surface area contributed by atoms with Gasteiger partial charge in [0.15, 0.2) is 6.04 Å². The van der Waals surface area contributed by atoms with Gasteiger partial charge in [-0.05, 0) is 19.6 Å². The third-order valence-corrected chi connectivity index (χ3v) is 6.66. The first-order valence-electron chi connectivity index (χ1n) is 9.74. The topological polar surface area (TPSA) is 124 Å². The van der Waals surface area contributed by atoms with Crippen LogP contribution in [-0.2, 0) is 9.53 Å². The Balaban J connectivity index is 2.09. The summed E-state index contributed by atoms with van der Waals surface area (Å²) in [6.07, 6.45) is -1.39. The van der Waals surface area contributed by atoms with Gasteiger partial charge >= 0.3 is 0 Å². The highest BCUT2D eigenvalue weighted by Crippen LogP contribution is 2.29. The number of likely N-dealkylation sites (N-methyl/N-ethyl adjacent to an activating group) is 1. The largest absolute Gasteiger partial charge is 0.391 e. The zero-order chi connectivity index (χ0) is 20.3. The number of likely N-dealkylation sites (tertiary alicyclic amines) is 1. The monoisotopic (exact) mass is 407 g/mol. The molecule has 2 fully saturated rings. The summed E-state index contributed by atoms with van der Waals surface area (Å²) in [5.74, 6) is 0.319. The van der Waals surface area contributed by atoms with E-state index < -0.39 is 42.0 Å². The molecule has 2 heterocycles. The number of rotatable bonds is 7. The predicted molar refractivity (Wildman–Crippen MR) is 102 cm³/mol. The Morgan fingerprint density at radius 3 is 2.52 bits per heavy atom. The molecule has 0 saturated carbocycles. The molecule has 2 aliphatic rings. The molecule has 2 saturated heterocycles. The van der Waals surface area contributed by atoms with Crippen LogP contribution in [0.1, 0.15) is 33.1 Å². The van der Waals surface area contributed by atoms with Crippen molar-refractivity contribution in [1.82, 2.24) is 5.32 Å². The number of carbonyl (C=O) groups is 1. The first kappa shape index (κ1) is 22.9. The van der Waals surface area contributed by atoms with Crippen LogP contribution in [0.4, 0.5) is 0 Å². The van der Waals surface area contributed by atoms with Gasteiger partial charge in [-0.15, -0.1) is 11.8 Å². The van der Waals surface area contributed by atoms with E-state index in [-0.39, 0.29) is 11.9 Å². The summed E-state index contributed by atoms with van der Waals surface area (Å²) in [5, 5.41) is 43.6. The number of carbonyl (C=O) groups excluding carboxylic acids is 1. The third-order valence-electron chi connectivity index (χ3n) is 5.81. The highest BCUT2D eigenvalue weighted by molar-refractivity contribution is 7.99. The van der Waals surface area contributed by atoms with Crippen molar-refractivity contribution in [1.29, 1.82) is 0 Å². The highest BCUT2D eigenvalue weighted by Gasteiger charge is 2.49. The number of aliphatic hydroxyl groups excluding tert-OH is 4. The Bertz CT molecular complexity index is 494. The Morgan fingerprint density at radius 2 is 1.96 bits per heavy atom. The standard InChI is InChI=1S/C18H34N2O6S/c1-5-6-10-7-11(20(3)8-10)17(25)19-12(9(2)21)16-14(23)13(22)15(24)18(26-16)27-4/h9-16,18,21-24H,5-8H2,1-4H3,(H,19,25)/p+1/t9-,10-,11+,12-,13+,14-,15-,16-,18-/m1/s1. The molecule has 8 nitrogen and oxygen atoms in total. The first-order chi connectivity index (χ1) is 12.7. The molecule has 9 heteroatoms. The van der Waals surface area contributed by atoms with Gasteiger partial charge in [0.05, 0.1) is 25.7 Å². The normalized spacial score (nSPS) is 41.9. The van der Waals surface area contributed by atoms with Gasteiger partial charge in [-0.1, -0.05) is 13.3 Å². The summed E-state index contributed by atoms with van der Waals surface area (Å²) in [7, 11) is 1.99. The molecule has 1 amide bonds. The molecule has 0 radical (unpaired) electrons. The van der Waals surface area contributed by atoms with Crippen LogP contribution in [0.25, 0.3) is 0 Å². The molecule has 2 rings (SSSR count). The Morgan fingerprint density at radius 1 is 1.30 bits per heavy atom. The van der Waals surface area contributed by atoms with Gasteiger partial charge in [0.2, 0.25) is 0 Å². The molecule has 158 valence electrons. The van der Waals surface area contributed by atoms with Crippen LogP contribution in [0.5, 0.6) is 0 Å². The molecule has 0 aromatic carbocycles. The maximum atomic E-state index is 12.9. The highest BCUT2D eigenvalue weighted by atomic mass is 32.2. The number of quaternary nitrogens is 1. The molecule has 6 N–H and O–H groups in total. The van der Waals surface area contributed by atoms with E-state index in [4.69, 9.17) is 4.74 Å². The quantitative estimate of drug-likeness (QED) is 0.281. The van der Waals surface area contributed by atoms with Gasteiger partial charge in [-0.2, -0.15) is 0 Å². The number of amides is 1. The maximum absolute atomic E-state index is 12.9.